The van der Waals surface area contributed by atoms with Crippen molar-refractivity contribution in [3.8, 4) is 0 Å². The average molecular weight is 399 g/mol. The molecular weight excluding hydrogens is 384 g/mol. The minimum atomic E-state index is -0.573. The molecule has 0 fully saturated rings. The highest BCUT2D eigenvalue weighted by atomic mass is 35.5. The molecule has 0 bridgehead atoms. The smallest absolute Gasteiger partial charge is 0.408 e. The maximum absolute atomic E-state index is 12.2. The molecule has 4 aromatic rings. The van der Waals surface area contributed by atoms with Gasteiger partial charge in [0.25, 0.3) is 0 Å². The molecule has 0 aliphatic heterocycles. The normalized spacial score (nSPS) is 11.0. The second-order valence-electron chi connectivity index (χ2n) is 6.07. The molecule has 0 spiro atoms. The molecule has 142 valence electrons. The number of hydrogen-bond acceptors (Lipinski definition) is 6. The summed E-state index contributed by atoms with van der Waals surface area (Å²) in [6.45, 7) is 0.428. The summed E-state index contributed by atoms with van der Waals surface area (Å²) >= 11 is 5.98. The van der Waals surface area contributed by atoms with Crippen LogP contribution < -0.4 is 11.1 Å². The summed E-state index contributed by atoms with van der Waals surface area (Å²) in [5, 5.41) is 6.96. The number of carbonyl (C=O) groups excluding carboxylic acids is 1. The monoisotopic (exact) mass is 398 g/mol. The molecule has 0 saturated heterocycles. The molecule has 2 heterocycles. The fraction of sp³-hybridized carbons (Fsp3) is 0.158. The Labute approximate surface area is 163 Å². The molecule has 8 nitrogen and oxygen atoms in total. The molecule has 0 saturated carbocycles. The van der Waals surface area contributed by atoms with Gasteiger partial charge in [0.2, 0.25) is 0 Å². The van der Waals surface area contributed by atoms with Crippen LogP contribution >= 0.6 is 11.6 Å². The van der Waals surface area contributed by atoms with Crippen LogP contribution in [0.3, 0.4) is 0 Å². The molecule has 0 aliphatic carbocycles. The van der Waals surface area contributed by atoms with Crippen molar-refractivity contribution in [1.29, 1.82) is 0 Å². The molecule has 9 heteroatoms. The fourth-order valence-electron chi connectivity index (χ4n) is 2.78. The van der Waals surface area contributed by atoms with Crippen molar-refractivity contribution in [2.24, 2.45) is 0 Å². The first-order chi connectivity index (χ1) is 13.6. The molecule has 0 unspecified atom stereocenters. The van der Waals surface area contributed by atoms with Crippen LogP contribution in [-0.4, -0.2) is 27.2 Å². The highest BCUT2D eigenvalue weighted by Gasteiger charge is 2.17. The molecule has 1 N–H and O–H groups in total. The predicted octanol–water partition coefficient (Wildman–Crippen LogP) is 2.65. The van der Waals surface area contributed by atoms with E-state index >= 15 is 0 Å². The van der Waals surface area contributed by atoms with Gasteiger partial charge in [0.1, 0.15) is 0 Å². The number of carbonyl (C=O) groups is 1. The summed E-state index contributed by atoms with van der Waals surface area (Å²) in [7, 11) is 0. The van der Waals surface area contributed by atoms with E-state index in [0.29, 0.717) is 29.1 Å². The number of halogens is 1. The Morgan fingerprint density at radius 2 is 2.00 bits per heavy atom. The number of benzene rings is 2. The van der Waals surface area contributed by atoms with Crippen molar-refractivity contribution in [2.75, 3.05) is 6.54 Å². The lowest BCUT2D eigenvalue weighted by atomic mass is 10.1. The van der Waals surface area contributed by atoms with Crippen molar-refractivity contribution < 1.29 is 13.7 Å². The highest BCUT2D eigenvalue weighted by molar-refractivity contribution is 6.31. The quantitative estimate of drug-likeness (QED) is 0.535. The minimum Gasteiger partial charge on any atom is -0.408 e. The predicted molar refractivity (Wildman–Crippen MR) is 101 cm³/mol. The number of fused-ring (bicyclic) bond motifs is 1. The first-order valence-corrected chi connectivity index (χ1v) is 8.91. The zero-order valence-electron chi connectivity index (χ0n) is 14.6. The Kier molecular flexibility index (Phi) is 4.94. The lowest BCUT2D eigenvalue weighted by Gasteiger charge is -2.02. The standard InChI is InChI=1S/C19H15ClN4O4/c20-13-6-7-15-14(10-13)24(19(26)27-15)11-16-22-18(28-23-16)17(25)21-9-8-12-4-2-1-3-5-12/h1-7,10H,8-9,11H2,(H,21,25). The van der Waals surface area contributed by atoms with Crippen molar-refractivity contribution in [3.05, 3.63) is 81.4 Å². The number of hydrogen-bond donors (Lipinski definition) is 1. The summed E-state index contributed by atoms with van der Waals surface area (Å²) < 4.78 is 11.5. The lowest BCUT2D eigenvalue weighted by Crippen LogP contribution is -2.26. The highest BCUT2D eigenvalue weighted by Crippen LogP contribution is 2.19. The largest absolute Gasteiger partial charge is 0.420 e. The zero-order valence-corrected chi connectivity index (χ0v) is 15.3. The Morgan fingerprint density at radius 1 is 1.18 bits per heavy atom. The first kappa shape index (κ1) is 18.0. The third-order valence-corrected chi connectivity index (χ3v) is 4.37. The third kappa shape index (κ3) is 3.81. The van der Waals surface area contributed by atoms with Gasteiger partial charge in [-0.15, -0.1) is 0 Å². The van der Waals surface area contributed by atoms with Gasteiger partial charge < -0.3 is 14.3 Å². The fourth-order valence-corrected chi connectivity index (χ4v) is 2.94. The van der Waals surface area contributed by atoms with Crippen molar-refractivity contribution in [3.63, 3.8) is 0 Å². The molecule has 2 aromatic carbocycles. The molecule has 1 amide bonds. The van der Waals surface area contributed by atoms with E-state index in [9.17, 15) is 9.59 Å². The zero-order chi connectivity index (χ0) is 19.5. The number of nitrogens with zero attached hydrogens (tertiary/aromatic N) is 3. The van der Waals surface area contributed by atoms with E-state index in [1.54, 1.807) is 18.2 Å². The number of oxazole rings is 1. The maximum Gasteiger partial charge on any atom is 0.420 e. The van der Waals surface area contributed by atoms with Crippen LogP contribution in [0.1, 0.15) is 22.1 Å². The van der Waals surface area contributed by atoms with Gasteiger partial charge in [0, 0.05) is 11.6 Å². The van der Waals surface area contributed by atoms with Gasteiger partial charge in [0.05, 0.1) is 12.1 Å². The molecule has 0 radical (unpaired) electrons. The summed E-state index contributed by atoms with van der Waals surface area (Å²) in [5.41, 5.74) is 2.02. The van der Waals surface area contributed by atoms with Crippen LogP contribution in [0.15, 0.2) is 62.3 Å². The number of aromatic nitrogens is 3. The van der Waals surface area contributed by atoms with Gasteiger partial charge in [-0.2, -0.15) is 4.98 Å². The Balaban J connectivity index is 1.43. The van der Waals surface area contributed by atoms with E-state index in [1.807, 2.05) is 30.3 Å². The van der Waals surface area contributed by atoms with E-state index in [2.05, 4.69) is 15.5 Å². The van der Waals surface area contributed by atoms with E-state index in [-0.39, 0.29) is 18.3 Å². The van der Waals surface area contributed by atoms with Crippen molar-refractivity contribution >= 4 is 28.6 Å². The second kappa shape index (κ2) is 7.69. The first-order valence-electron chi connectivity index (χ1n) is 8.54. The molecule has 28 heavy (non-hydrogen) atoms. The molecule has 0 aliphatic rings. The maximum atomic E-state index is 12.2. The minimum absolute atomic E-state index is 0.00697. The van der Waals surface area contributed by atoms with Crippen LogP contribution in [0.2, 0.25) is 5.02 Å². The summed E-state index contributed by atoms with van der Waals surface area (Å²) in [5.74, 6) is -1.03. The summed E-state index contributed by atoms with van der Waals surface area (Å²) in [6.07, 6.45) is 0.685. The molecule has 4 rings (SSSR count). The Morgan fingerprint density at radius 3 is 2.82 bits per heavy atom. The van der Waals surface area contributed by atoms with Crippen LogP contribution in [0.4, 0.5) is 0 Å². The Hall–Kier alpha value is -3.39. The lowest BCUT2D eigenvalue weighted by molar-refractivity contribution is 0.0910. The Bertz CT molecular complexity index is 1180. The molecular formula is C19H15ClN4O4. The van der Waals surface area contributed by atoms with Gasteiger partial charge in [-0.1, -0.05) is 47.1 Å². The van der Waals surface area contributed by atoms with Gasteiger partial charge in [-0.25, -0.2) is 4.79 Å². The van der Waals surface area contributed by atoms with E-state index < -0.39 is 11.7 Å². The third-order valence-electron chi connectivity index (χ3n) is 4.13. The van der Waals surface area contributed by atoms with Crippen LogP contribution in [0, 0.1) is 0 Å². The molecule has 2 aromatic heterocycles. The van der Waals surface area contributed by atoms with Crippen LogP contribution in [-0.2, 0) is 13.0 Å². The number of amides is 1. The summed E-state index contributed by atoms with van der Waals surface area (Å²) in [6, 6.07) is 14.6. The van der Waals surface area contributed by atoms with Gasteiger partial charge in [-0.3, -0.25) is 9.36 Å². The average Bonchev–Trinajstić information content (AvgIpc) is 3.28. The second-order valence-corrected chi connectivity index (χ2v) is 6.51. The van der Waals surface area contributed by atoms with Crippen LogP contribution in [0.25, 0.3) is 11.1 Å². The van der Waals surface area contributed by atoms with Crippen molar-refractivity contribution in [1.82, 2.24) is 20.0 Å². The van der Waals surface area contributed by atoms with Crippen LogP contribution in [0.5, 0.6) is 0 Å². The topological polar surface area (TPSA) is 103 Å². The van der Waals surface area contributed by atoms with Gasteiger partial charge >= 0.3 is 17.6 Å². The summed E-state index contributed by atoms with van der Waals surface area (Å²) in [4.78, 5) is 28.3. The van der Waals surface area contributed by atoms with E-state index in [4.69, 9.17) is 20.5 Å². The number of nitrogens with one attached hydrogen (secondary N) is 1. The van der Waals surface area contributed by atoms with Gasteiger partial charge in [0.15, 0.2) is 11.4 Å². The van der Waals surface area contributed by atoms with Crippen molar-refractivity contribution in [2.45, 2.75) is 13.0 Å². The SMILES string of the molecule is O=C(NCCc1ccccc1)c1nc(Cn2c(=O)oc3ccc(Cl)cc32)no1. The molecule has 0 atom stereocenters. The van der Waals surface area contributed by atoms with E-state index in [0.717, 1.165) is 5.56 Å². The van der Waals surface area contributed by atoms with E-state index in [1.165, 1.54) is 4.57 Å². The number of rotatable bonds is 6. The van der Waals surface area contributed by atoms with Gasteiger partial charge in [-0.05, 0) is 30.2 Å².